The van der Waals surface area contributed by atoms with Crippen molar-refractivity contribution in [1.29, 1.82) is 0 Å². The van der Waals surface area contributed by atoms with Gasteiger partial charge >= 0.3 is 0 Å². The second-order valence-corrected chi connectivity index (χ2v) is 4.73. The Balaban J connectivity index is 1.73. The highest BCUT2D eigenvalue weighted by Crippen LogP contribution is 2.18. The molecule has 0 fully saturated rings. The fourth-order valence-electron chi connectivity index (χ4n) is 2.07. The summed E-state index contributed by atoms with van der Waals surface area (Å²) >= 11 is 6.04. The normalized spacial score (nSPS) is 10.7. The number of nitrogens with one attached hydrogen (secondary N) is 1. The van der Waals surface area contributed by atoms with E-state index in [-0.39, 0.29) is 0 Å². The maximum Gasteiger partial charge on any atom is 0.137 e. The summed E-state index contributed by atoms with van der Waals surface area (Å²) in [4.78, 5) is 12.6. The van der Waals surface area contributed by atoms with E-state index >= 15 is 0 Å². The first-order valence-electron chi connectivity index (χ1n) is 6.37. The van der Waals surface area contributed by atoms with E-state index in [0.717, 1.165) is 35.2 Å². The molecule has 100 valence electrons. The number of pyridine rings is 1. The van der Waals surface area contributed by atoms with Crippen LogP contribution in [0.4, 0.5) is 5.82 Å². The molecular weight excluding hydrogens is 272 g/mol. The molecule has 4 nitrogen and oxygen atoms in total. The third-order valence-electron chi connectivity index (χ3n) is 3.07. The van der Waals surface area contributed by atoms with Gasteiger partial charge in [-0.2, -0.15) is 0 Å². The van der Waals surface area contributed by atoms with Crippen LogP contribution in [0, 0.1) is 0 Å². The molecule has 2 aromatic heterocycles. The quantitative estimate of drug-likeness (QED) is 0.747. The molecule has 3 aromatic rings. The maximum absolute atomic E-state index is 6.04. The number of para-hydroxylation sites is 1. The lowest BCUT2D eigenvalue weighted by Crippen LogP contribution is -2.07. The molecule has 0 amide bonds. The van der Waals surface area contributed by atoms with Gasteiger partial charge in [0, 0.05) is 18.1 Å². The first-order valence-corrected chi connectivity index (χ1v) is 6.75. The Morgan fingerprint density at radius 2 is 1.90 bits per heavy atom. The Bertz CT molecular complexity index is 724. The van der Waals surface area contributed by atoms with Gasteiger partial charge in [0.05, 0.1) is 5.52 Å². The van der Waals surface area contributed by atoms with Gasteiger partial charge in [-0.3, -0.25) is 0 Å². The minimum Gasteiger partial charge on any atom is -0.369 e. The minimum absolute atomic E-state index is 0.557. The summed E-state index contributed by atoms with van der Waals surface area (Å²) in [7, 11) is 0. The first-order chi connectivity index (χ1) is 9.84. The summed E-state index contributed by atoms with van der Waals surface area (Å²) in [5.74, 6) is 0.843. The fourth-order valence-corrected chi connectivity index (χ4v) is 2.28. The molecule has 3 rings (SSSR count). The maximum atomic E-state index is 6.04. The molecular formula is C15H13ClN4. The van der Waals surface area contributed by atoms with Crippen LogP contribution in [0.1, 0.15) is 5.56 Å². The lowest BCUT2D eigenvalue weighted by molar-refractivity contribution is 0.994. The lowest BCUT2D eigenvalue weighted by Gasteiger charge is -2.08. The van der Waals surface area contributed by atoms with E-state index in [9.17, 15) is 0 Å². The van der Waals surface area contributed by atoms with E-state index < -0.39 is 0 Å². The molecule has 0 saturated carbocycles. The molecule has 1 N–H and O–H groups in total. The number of hydrogen-bond acceptors (Lipinski definition) is 4. The van der Waals surface area contributed by atoms with E-state index in [1.165, 1.54) is 0 Å². The van der Waals surface area contributed by atoms with Gasteiger partial charge in [0.25, 0.3) is 0 Å². The SMILES string of the molecule is Clc1ncccc1CCNc1ncnc2ccccc12. The number of hydrogen-bond donors (Lipinski definition) is 1. The van der Waals surface area contributed by atoms with E-state index in [1.54, 1.807) is 12.5 Å². The van der Waals surface area contributed by atoms with Gasteiger partial charge in [-0.1, -0.05) is 29.8 Å². The number of fused-ring (bicyclic) bond motifs is 1. The highest BCUT2D eigenvalue weighted by molar-refractivity contribution is 6.30. The molecule has 0 aliphatic heterocycles. The average Bonchev–Trinajstić information content (AvgIpc) is 2.49. The van der Waals surface area contributed by atoms with Gasteiger partial charge in [-0.15, -0.1) is 0 Å². The molecule has 0 bridgehead atoms. The monoisotopic (exact) mass is 284 g/mol. The molecule has 5 heteroatoms. The summed E-state index contributed by atoms with van der Waals surface area (Å²) in [6.45, 7) is 0.742. The Morgan fingerprint density at radius 1 is 1.00 bits per heavy atom. The van der Waals surface area contributed by atoms with Gasteiger partial charge < -0.3 is 5.32 Å². The van der Waals surface area contributed by atoms with Crippen LogP contribution in [-0.2, 0) is 6.42 Å². The van der Waals surface area contributed by atoms with Gasteiger partial charge in [-0.05, 0) is 30.2 Å². The third-order valence-corrected chi connectivity index (χ3v) is 3.41. The number of nitrogens with zero attached hydrogens (tertiary/aromatic N) is 3. The van der Waals surface area contributed by atoms with Crippen LogP contribution in [0.5, 0.6) is 0 Å². The summed E-state index contributed by atoms with van der Waals surface area (Å²) in [5.41, 5.74) is 1.96. The van der Waals surface area contributed by atoms with Gasteiger partial charge in [0.1, 0.15) is 17.3 Å². The highest BCUT2D eigenvalue weighted by Gasteiger charge is 2.03. The van der Waals surface area contributed by atoms with Crippen molar-refractivity contribution >= 4 is 28.3 Å². The number of aromatic nitrogens is 3. The topological polar surface area (TPSA) is 50.7 Å². The zero-order chi connectivity index (χ0) is 13.8. The molecule has 0 saturated heterocycles. The van der Waals surface area contributed by atoms with E-state index in [2.05, 4.69) is 20.3 Å². The van der Waals surface area contributed by atoms with Crippen LogP contribution in [0.25, 0.3) is 10.9 Å². The Hall–Kier alpha value is -2.20. The second-order valence-electron chi connectivity index (χ2n) is 4.37. The Labute approximate surface area is 121 Å². The molecule has 0 spiro atoms. The molecule has 20 heavy (non-hydrogen) atoms. The number of rotatable bonds is 4. The van der Waals surface area contributed by atoms with Crippen molar-refractivity contribution in [3.8, 4) is 0 Å². The zero-order valence-electron chi connectivity index (χ0n) is 10.8. The molecule has 1 aromatic carbocycles. The van der Waals surface area contributed by atoms with Crippen LogP contribution >= 0.6 is 11.6 Å². The van der Waals surface area contributed by atoms with Crippen molar-refractivity contribution in [2.45, 2.75) is 6.42 Å². The predicted octanol–water partition coefficient (Wildman–Crippen LogP) is 3.33. The summed E-state index contributed by atoms with van der Waals surface area (Å²) < 4.78 is 0. The summed E-state index contributed by atoms with van der Waals surface area (Å²) in [5, 5.41) is 4.90. The summed E-state index contributed by atoms with van der Waals surface area (Å²) in [6, 6.07) is 11.8. The Kier molecular flexibility index (Phi) is 3.74. The number of benzene rings is 1. The highest BCUT2D eigenvalue weighted by atomic mass is 35.5. The van der Waals surface area contributed by atoms with Gasteiger partial charge in [0.15, 0.2) is 0 Å². The fraction of sp³-hybridized carbons (Fsp3) is 0.133. The number of anilines is 1. The van der Waals surface area contributed by atoms with Crippen molar-refractivity contribution in [3.05, 3.63) is 59.6 Å². The van der Waals surface area contributed by atoms with Crippen molar-refractivity contribution < 1.29 is 0 Å². The minimum atomic E-state index is 0.557. The van der Waals surface area contributed by atoms with Gasteiger partial charge in [-0.25, -0.2) is 15.0 Å². The average molecular weight is 285 g/mol. The lowest BCUT2D eigenvalue weighted by atomic mass is 10.2. The first kappa shape index (κ1) is 12.8. The standard InChI is InChI=1S/C15H13ClN4/c16-14-11(4-3-8-17-14)7-9-18-15-12-5-1-2-6-13(12)19-10-20-15/h1-6,8,10H,7,9H2,(H,18,19,20). The predicted molar refractivity (Wildman–Crippen MR) is 81.0 cm³/mol. The van der Waals surface area contributed by atoms with E-state index in [0.29, 0.717) is 5.15 Å². The van der Waals surface area contributed by atoms with Crippen molar-refractivity contribution in [3.63, 3.8) is 0 Å². The van der Waals surface area contributed by atoms with E-state index in [4.69, 9.17) is 11.6 Å². The smallest absolute Gasteiger partial charge is 0.137 e. The van der Waals surface area contributed by atoms with Crippen molar-refractivity contribution in [2.75, 3.05) is 11.9 Å². The van der Waals surface area contributed by atoms with Crippen LogP contribution in [-0.4, -0.2) is 21.5 Å². The van der Waals surface area contributed by atoms with Gasteiger partial charge in [0.2, 0.25) is 0 Å². The van der Waals surface area contributed by atoms with E-state index in [1.807, 2.05) is 36.4 Å². The second kappa shape index (κ2) is 5.84. The van der Waals surface area contributed by atoms with Crippen LogP contribution in [0.15, 0.2) is 48.9 Å². The number of halogens is 1. The van der Waals surface area contributed by atoms with Crippen LogP contribution < -0.4 is 5.32 Å². The van der Waals surface area contributed by atoms with Crippen molar-refractivity contribution in [1.82, 2.24) is 15.0 Å². The van der Waals surface area contributed by atoms with Crippen LogP contribution in [0.2, 0.25) is 5.15 Å². The summed E-state index contributed by atoms with van der Waals surface area (Å²) in [6.07, 6.45) is 4.06. The molecule has 2 heterocycles. The third kappa shape index (κ3) is 2.70. The van der Waals surface area contributed by atoms with Crippen LogP contribution in [0.3, 0.4) is 0 Å². The van der Waals surface area contributed by atoms with Crippen molar-refractivity contribution in [2.24, 2.45) is 0 Å². The molecule has 0 aliphatic rings. The molecule has 0 aliphatic carbocycles. The largest absolute Gasteiger partial charge is 0.369 e. The molecule has 0 radical (unpaired) electrons. The molecule has 0 atom stereocenters. The zero-order valence-corrected chi connectivity index (χ0v) is 11.5. The Morgan fingerprint density at radius 3 is 2.80 bits per heavy atom. The molecule has 0 unspecified atom stereocenters.